The van der Waals surface area contributed by atoms with E-state index in [1.54, 1.807) is 18.2 Å². The van der Waals surface area contributed by atoms with Crippen molar-refractivity contribution in [3.63, 3.8) is 0 Å². The number of halogens is 2. The minimum Gasteiger partial charge on any atom is -0.346 e. The topological polar surface area (TPSA) is 44.5 Å². The first-order valence-electron chi connectivity index (χ1n) is 4.63. The van der Waals surface area contributed by atoms with Gasteiger partial charge in [0.05, 0.1) is 22.8 Å². The lowest BCUT2D eigenvalue weighted by atomic mass is 10.2. The number of rotatable bonds is 2. The van der Waals surface area contributed by atoms with Crippen molar-refractivity contribution in [3.8, 4) is 0 Å². The maximum absolute atomic E-state index is 6.02. The molecule has 0 saturated carbocycles. The molecule has 1 heterocycles. The third-order valence-corrected chi connectivity index (χ3v) is 2.91. The summed E-state index contributed by atoms with van der Waals surface area (Å²) in [4.78, 5) is 0. The Kier molecular flexibility index (Phi) is 3.49. The Morgan fingerprint density at radius 2 is 2.00 bits per heavy atom. The van der Waals surface area contributed by atoms with Gasteiger partial charge in [0.1, 0.15) is 0 Å². The van der Waals surface area contributed by atoms with Gasteiger partial charge < -0.3 is 15.2 Å². The lowest BCUT2D eigenvalue weighted by Gasteiger charge is -2.13. The van der Waals surface area contributed by atoms with Crippen molar-refractivity contribution >= 4 is 23.2 Å². The van der Waals surface area contributed by atoms with Gasteiger partial charge in [0.25, 0.3) is 0 Å². The molecule has 5 heteroatoms. The highest BCUT2D eigenvalue weighted by Crippen LogP contribution is 2.36. The number of nitrogens with two attached hydrogens (primary N) is 1. The highest BCUT2D eigenvalue weighted by atomic mass is 35.5. The molecule has 0 spiro atoms. The summed E-state index contributed by atoms with van der Waals surface area (Å²) in [5.74, 6) is 0. The molecule has 0 aliphatic carbocycles. The van der Waals surface area contributed by atoms with Crippen LogP contribution in [0.5, 0.6) is 0 Å². The van der Waals surface area contributed by atoms with Crippen LogP contribution in [0.25, 0.3) is 0 Å². The van der Waals surface area contributed by atoms with Gasteiger partial charge in [-0.15, -0.1) is 0 Å². The van der Waals surface area contributed by atoms with Crippen LogP contribution in [0.15, 0.2) is 18.2 Å². The highest BCUT2D eigenvalue weighted by molar-refractivity contribution is 6.36. The van der Waals surface area contributed by atoms with Crippen LogP contribution in [-0.2, 0) is 9.47 Å². The summed E-state index contributed by atoms with van der Waals surface area (Å²) < 4.78 is 11.0. The molecule has 2 unspecified atom stereocenters. The van der Waals surface area contributed by atoms with E-state index in [1.807, 2.05) is 0 Å². The van der Waals surface area contributed by atoms with Crippen LogP contribution in [-0.4, -0.2) is 19.3 Å². The second-order valence-corrected chi connectivity index (χ2v) is 4.11. The molecule has 0 amide bonds. The molecule has 1 aromatic carbocycles. The Morgan fingerprint density at radius 1 is 1.33 bits per heavy atom. The van der Waals surface area contributed by atoms with E-state index in [0.29, 0.717) is 28.8 Å². The summed E-state index contributed by atoms with van der Waals surface area (Å²) in [5, 5.41) is 1.09. The highest BCUT2D eigenvalue weighted by Gasteiger charge is 2.29. The molecule has 1 aliphatic rings. The van der Waals surface area contributed by atoms with Crippen molar-refractivity contribution in [2.45, 2.75) is 12.4 Å². The largest absolute Gasteiger partial charge is 0.346 e. The molecular formula is C10H11Cl2NO2. The summed E-state index contributed by atoms with van der Waals surface area (Å²) in [6.07, 6.45) is -0.581. The molecule has 1 aromatic rings. The second-order valence-electron chi connectivity index (χ2n) is 3.29. The maximum atomic E-state index is 6.02. The Morgan fingerprint density at radius 3 is 2.53 bits per heavy atom. The average Bonchev–Trinajstić information content (AvgIpc) is 2.66. The Balaban J connectivity index is 2.23. The van der Waals surface area contributed by atoms with E-state index in [-0.39, 0.29) is 6.10 Å². The molecule has 2 N–H and O–H groups in total. The fraction of sp³-hybridized carbons (Fsp3) is 0.400. The van der Waals surface area contributed by atoms with E-state index >= 15 is 0 Å². The van der Waals surface area contributed by atoms with E-state index in [0.717, 1.165) is 0 Å². The smallest absolute Gasteiger partial charge is 0.187 e. The summed E-state index contributed by atoms with van der Waals surface area (Å²) in [7, 11) is 0. The van der Waals surface area contributed by atoms with Gasteiger partial charge in [0.2, 0.25) is 0 Å². The van der Waals surface area contributed by atoms with Gasteiger partial charge in [0.15, 0.2) is 6.29 Å². The van der Waals surface area contributed by atoms with Gasteiger partial charge in [-0.1, -0.05) is 29.3 Å². The van der Waals surface area contributed by atoms with Crippen molar-refractivity contribution < 1.29 is 9.47 Å². The van der Waals surface area contributed by atoms with Crippen LogP contribution in [0.3, 0.4) is 0 Å². The monoisotopic (exact) mass is 247 g/mol. The SMILES string of the molecule is NCC1COC(c2c(Cl)cccc2Cl)O1. The van der Waals surface area contributed by atoms with Crippen molar-refractivity contribution in [2.75, 3.05) is 13.2 Å². The minimum atomic E-state index is -0.500. The number of benzene rings is 1. The zero-order valence-electron chi connectivity index (χ0n) is 7.95. The summed E-state index contributed by atoms with van der Waals surface area (Å²) in [6.45, 7) is 0.904. The molecule has 2 rings (SSSR count). The molecule has 0 bridgehead atoms. The molecule has 0 aromatic heterocycles. The van der Waals surface area contributed by atoms with Crippen LogP contribution in [0, 0.1) is 0 Å². The molecular weight excluding hydrogens is 237 g/mol. The lowest BCUT2D eigenvalue weighted by Crippen LogP contribution is -2.21. The van der Waals surface area contributed by atoms with Gasteiger partial charge in [-0.3, -0.25) is 0 Å². The normalized spacial score (nSPS) is 25.8. The van der Waals surface area contributed by atoms with Crippen molar-refractivity contribution in [1.29, 1.82) is 0 Å². The van der Waals surface area contributed by atoms with Gasteiger partial charge in [0, 0.05) is 12.1 Å². The number of ether oxygens (including phenoxy) is 2. The van der Waals surface area contributed by atoms with Gasteiger partial charge in [-0.25, -0.2) is 0 Å². The van der Waals surface area contributed by atoms with Crippen molar-refractivity contribution in [2.24, 2.45) is 5.73 Å². The minimum absolute atomic E-state index is 0.0812. The van der Waals surface area contributed by atoms with Gasteiger partial charge in [-0.2, -0.15) is 0 Å². The maximum Gasteiger partial charge on any atom is 0.187 e. The average molecular weight is 248 g/mol. The van der Waals surface area contributed by atoms with Crippen LogP contribution < -0.4 is 5.73 Å². The Labute approximate surface area is 98.1 Å². The van der Waals surface area contributed by atoms with Crippen LogP contribution in [0.4, 0.5) is 0 Å². The van der Waals surface area contributed by atoms with E-state index in [2.05, 4.69) is 0 Å². The quantitative estimate of drug-likeness (QED) is 0.873. The van der Waals surface area contributed by atoms with Crippen molar-refractivity contribution in [3.05, 3.63) is 33.8 Å². The number of hydrogen-bond donors (Lipinski definition) is 1. The summed E-state index contributed by atoms with van der Waals surface area (Å²) in [6, 6.07) is 5.29. The van der Waals surface area contributed by atoms with Crippen molar-refractivity contribution in [1.82, 2.24) is 0 Å². The van der Waals surface area contributed by atoms with E-state index in [4.69, 9.17) is 38.4 Å². The molecule has 2 atom stereocenters. The second kappa shape index (κ2) is 4.68. The summed E-state index contributed by atoms with van der Waals surface area (Å²) in [5.41, 5.74) is 6.16. The van der Waals surface area contributed by atoms with Gasteiger partial charge in [-0.05, 0) is 12.1 Å². The van der Waals surface area contributed by atoms with E-state index in [9.17, 15) is 0 Å². The van der Waals surface area contributed by atoms with Crippen LogP contribution in [0.2, 0.25) is 10.0 Å². The Bertz CT molecular complexity index is 339. The Hall–Kier alpha value is -0.320. The van der Waals surface area contributed by atoms with Gasteiger partial charge >= 0.3 is 0 Å². The standard InChI is InChI=1S/C10H11Cl2NO2/c11-7-2-1-3-8(12)9(7)10-14-5-6(4-13)15-10/h1-3,6,10H,4-5,13H2. The molecule has 1 aliphatic heterocycles. The predicted octanol–water partition coefficient (Wildman–Crippen LogP) is 2.37. The summed E-state index contributed by atoms with van der Waals surface area (Å²) >= 11 is 12.0. The molecule has 1 saturated heterocycles. The van der Waals surface area contributed by atoms with Crippen LogP contribution >= 0.6 is 23.2 Å². The first-order chi connectivity index (χ1) is 7.22. The van der Waals surface area contributed by atoms with E-state index in [1.165, 1.54) is 0 Å². The molecule has 0 radical (unpaired) electrons. The number of hydrogen-bond acceptors (Lipinski definition) is 3. The first kappa shape index (κ1) is 11.2. The molecule has 3 nitrogen and oxygen atoms in total. The van der Waals surface area contributed by atoms with Crippen LogP contribution in [0.1, 0.15) is 11.9 Å². The molecule has 82 valence electrons. The first-order valence-corrected chi connectivity index (χ1v) is 5.39. The molecule has 15 heavy (non-hydrogen) atoms. The lowest BCUT2D eigenvalue weighted by molar-refractivity contribution is -0.0583. The third kappa shape index (κ3) is 2.27. The zero-order chi connectivity index (χ0) is 10.8. The molecule has 1 fully saturated rings. The third-order valence-electron chi connectivity index (χ3n) is 2.25. The zero-order valence-corrected chi connectivity index (χ0v) is 9.46. The fourth-order valence-corrected chi connectivity index (χ4v) is 2.03. The fourth-order valence-electron chi connectivity index (χ4n) is 1.46. The van der Waals surface area contributed by atoms with E-state index < -0.39 is 6.29 Å². The predicted molar refractivity (Wildman–Crippen MR) is 59.1 cm³/mol.